The summed E-state index contributed by atoms with van der Waals surface area (Å²) in [6.45, 7) is 2.52. The molecular weight excluding hydrogens is 354 g/mol. The number of hydrogen-bond acceptors (Lipinski definition) is 5. The van der Waals surface area contributed by atoms with E-state index in [4.69, 9.17) is 0 Å². The monoisotopic (exact) mass is 373 g/mol. The van der Waals surface area contributed by atoms with Crippen LogP contribution in [-0.4, -0.2) is 27.6 Å². The van der Waals surface area contributed by atoms with Gasteiger partial charge in [-0.3, -0.25) is 14.0 Å². The van der Waals surface area contributed by atoms with Crippen LogP contribution in [0, 0.1) is 6.92 Å². The zero-order valence-electron chi connectivity index (χ0n) is 13.9. The molecule has 130 valence electrons. The van der Waals surface area contributed by atoms with Crippen LogP contribution in [0.25, 0.3) is 4.96 Å². The molecule has 1 N–H and O–H groups in total. The Labute approximate surface area is 154 Å². The first-order valence-electron chi connectivity index (χ1n) is 7.98. The van der Waals surface area contributed by atoms with Crippen molar-refractivity contribution in [2.75, 3.05) is 12.3 Å². The largest absolute Gasteiger partial charge is 0.355 e. The summed E-state index contributed by atoms with van der Waals surface area (Å²) < 4.78 is 1.61. The third-order valence-electron chi connectivity index (χ3n) is 3.69. The highest BCUT2D eigenvalue weighted by molar-refractivity contribution is 7.99. The number of nitrogens with zero attached hydrogens (tertiary/aromatic N) is 2. The SMILES string of the molecule is Cc1csc2nc(CSCC(=O)NCCc3ccccc3)cc(=O)n12. The molecule has 2 aromatic heterocycles. The summed E-state index contributed by atoms with van der Waals surface area (Å²) in [5.41, 5.74) is 2.76. The van der Waals surface area contributed by atoms with E-state index in [0.717, 1.165) is 12.1 Å². The molecule has 0 unspecified atom stereocenters. The molecule has 0 aliphatic heterocycles. The van der Waals surface area contributed by atoms with Gasteiger partial charge in [0.1, 0.15) is 0 Å². The molecule has 0 atom stereocenters. The highest BCUT2D eigenvalue weighted by atomic mass is 32.2. The van der Waals surface area contributed by atoms with E-state index in [0.29, 0.717) is 28.7 Å². The molecule has 25 heavy (non-hydrogen) atoms. The second-order valence-corrected chi connectivity index (χ2v) is 7.48. The molecule has 0 saturated carbocycles. The van der Waals surface area contributed by atoms with Gasteiger partial charge >= 0.3 is 0 Å². The van der Waals surface area contributed by atoms with E-state index in [2.05, 4.69) is 10.3 Å². The highest BCUT2D eigenvalue weighted by Crippen LogP contribution is 2.14. The number of aromatic nitrogens is 2. The molecule has 1 amide bonds. The molecule has 3 rings (SSSR count). The fourth-order valence-electron chi connectivity index (χ4n) is 2.47. The summed E-state index contributed by atoms with van der Waals surface area (Å²) in [5.74, 6) is 0.916. The first-order chi connectivity index (χ1) is 12.1. The summed E-state index contributed by atoms with van der Waals surface area (Å²) in [6, 6.07) is 11.6. The van der Waals surface area contributed by atoms with Crippen LogP contribution in [0.1, 0.15) is 17.0 Å². The number of nitrogens with one attached hydrogen (secondary N) is 1. The van der Waals surface area contributed by atoms with Crippen molar-refractivity contribution in [1.82, 2.24) is 14.7 Å². The average Bonchev–Trinajstić information content (AvgIpc) is 2.97. The van der Waals surface area contributed by atoms with Crippen molar-refractivity contribution in [1.29, 1.82) is 0 Å². The molecule has 7 heteroatoms. The maximum Gasteiger partial charge on any atom is 0.258 e. The van der Waals surface area contributed by atoms with E-state index in [1.807, 2.05) is 42.6 Å². The normalized spacial score (nSPS) is 10.9. The number of thiazole rings is 1. The van der Waals surface area contributed by atoms with Crippen LogP contribution in [0.2, 0.25) is 0 Å². The molecule has 0 aliphatic carbocycles. The Morgan fingerprint density at radius 2 is 2.12 bits per heavy atom. The predicted molar refractivity (Wildman–Crippen MR) is 103 cm³/mol. The first-order valence-corrected chi connectivity index (χ1v) is 10.0. The number of rotatable bonds is 7. The quantitative estimate of drug-likeness (QED) is 0.692. The Kier molecular flexibility index (Phi) is 5.88. The van der Waals surface area contributed by atoms with Gasteiger partial charge in [0, 0.05) is 29.4 Å². The molecule has 0 spiro atoms. The van der Waals surface area contributed by atoms with Gasteiger partial charge in [-0.2, -0.15) is 0 Å². The van der Waals surface area contributed by atoms with Gasteiger partial charge in [0.05, 0.1) is 11.4 Å². The van der Waals surface area contributed by atoms with Crippen LogP contribution < -0.4 is 10.9 Å². The molecular formula is C18H19N3O2S2. The average molecular weight is 374 g/mol. The van der Waals surface area contributed by atoms with Crippen LogP contribution in [0.5, 0.6) is 0 Å². The number of benzene rings is 1. The Bertz CT molecular complexity index is 919. The van der Waals surface area contributed by atoms with E-state index in [1.54, 1.807) is 10.5 Å². The van der Waals surface area contributed by atoms with Crippen molar-refractivity contribution in [3.8, 4) is 0 Å². The standard InChI is InChI=1S/C18H19N3O2S2/c1-13-10-25-18-20-15(9-17(23)21(13)18)11-24-12-16(22)19-8-7-14-5-3-2-4-6-14/h2-6,9-10H,7-8,11-12H2,1H3,(H,19,22). The van der Waals surface area contributed by atoms with Gasteiger partial charge in [-0.15, -0.1) is 23.1 Å². The summed E-state index contributed by atoms with van der Waals surface area (Å²) >= 11 is 2.92. The van der Waals surface area contributed by atoms with Crippen LogP contribution in [-0.2, 0) is 17.0 Å². The maximum atomic E-state index is 12.1. The topological polar surface area (TPSA) is 63.5 Å². The van der Waals surface area contributed by atoms with Crippen LogP contribution >= 0.6 is 23.1 Å². The summed E-state index contributed by atoms with van der Waals surface area (Å²) in [6.07, 6.45) is 0.823. The van der Waals surface area contributed by atoms with Crippen LogP contribution in [0.3, 0.4) is 0 Å². The molecule has 0 saturated heterocycles. The number of aryl methyl sites for hydroxylation is 1. The lowest BCUT2D eigenvalue weighted by Gasteiger charge is -2.05. The Morgan fingerprint density at radius 3 is 2.92 bits per heavy atom. The molecule has 1 aromatic carbocycles. The Balaban J connectivity index is 1.44. The van der Waals surface area contributed by atoms with Crippen molar-refractivity contribution < 1.29 is 4.79 Å². The van der Waals surface area contributed by atoms with Crippen molar-refractivity contribution >= 4 is 34.0 Å². The Hall–Kier alpha value is -2.12. The minimum absolute atomic E-state index is 0.00528. The third kappa shape index (κ3) is 4.70. The van der Waals surface area contributed by atoms with Gasteiger partial charge < -0.3 is 5.32 Å². The fraction of sp³-hybridized carbons (Fsp3) is 0.278. The summed E-state index contributed by atoms with van der Waals surface area (Å²) in [5, 5.41) is 4.84. The van der Waals surface area contributed by atoms with E-state index < -0.39 is 0 Å². The zero-order chi connectivity index (χ0) is 17.6. The number of amides is 1. The van der Waals surface area contributed by atoms with Crippen LogP contribution in [0.15, 0.2) is 46.6 Å². The third-order valence-corrected chi connectivity index (χ3v) is 5.60. The number of carbonyl (C=O) groups excluding carboxylic acids is 1. The van der Waals surface area contributed by atoms with Gasteiger partial charge in [0.15, 0.2) is 4.96 Å². The molecule has 0 fully saturated rings. The van der Waals surface area contributed by atoms with Gasteiger partial charge in [0.25, 0.3) is 5.56 Å². The number of carbonyl (C=O) groups is 1. The summed E-state index contributed by atoms with van der Waals surface area (Å²) in [7, 11) is 0. The Morgan fingerprint density at radius 1 is 1.32 bits per heavy atom. The highest BCUT2D eigenvalue weighted by Gasteiger charge is 2.07. The molecule has 0 bridgehead atoms. The van der Waals surface area contributed by atoms with Crippen molar-refractivity contribution in [2.24, 2.45) is 0 Å². The lowest BCUT2D eigenvalue weighted by molar-refractivity contribution is -0.118. The zero-order valence-corrected chi connectivity index (χ0v) is 15.5. The second kappa shape index (κ2) is 8.31. The minimum Gasteiger partial charge on any atom is -0.355 e. The van der Waals surface area contributed by atoms with Gasteiger partial charge in [-0.05, 0) is 18.9 Å². The molecule has 2 heterocycles. The van der Waals surface area contributed by atoms with Gasteiger partial charge in [-0.25, -0.2) is 4.98 Å². The maximum absolute atomic E-state index is 12.1. The predicted octanol–water partition coefficient (Wildman–Crippen LogP) is 2.66. The van der Waals surface area contributed by atoms with Crippen molar-refractivity contribution in [2.45, 2.75) is 19.1 Å². The second-order valence-electron chi connectivity index (χ2n) is 5.66. The van der Waals surface area contributed by atoms with E-state index >= 15 is 0 Å². The number of thioether (sulfide) groups is 1. The number of hydrogen-bond donors (Lipinski definition) is 1. The molecule has 0 aliphatic rings. The van der Waals surface area contributed by atoms with Crippen molar-refractivity contribution in [3.63, 3.8) is 0 Å². The molecule has 3 aromatic rings. The lowest BCUT2D eigenvalue weighted by Crippen LogP contribution is -2.27. The minimum atomic E-state index is -0.0633. The molecule has 5 nitrogen and oxygen atoms in total. The first kappa shape index (κ1) is 17.7. The van der Waals surface area contributed by atoms with E-state index in [9.17, 15) is 9.59 Å². The van der Waals surface area contributed by atoms with Crippen molar-refractivity contribution in [3.05, 3.63) is 69.1 Å². The van der Waals surface area contributed by atoms with E-state index in [1.165, 1.54) is 28.7 Å². The smallest absolute Gasteiger partial charge is 0.258 e. The molecule has 0 radical (unpaired) electrons. The summed E-state index contributed by atoms with van der Waals surface area (Å²) in [4.78, 5) is 29.2. The van der Waals surface area contributed by atoms with E-state index in [-0.39, 0.29) is 11.5 Å². The van der Waals surface area contributed by atoms with Crippen LogP contribution in [0.4, 0.5) is 0 Å². The van der Waals surface area contributed by atoms with Gasteiger partial charge in [-0.1, -0.05) is 30.3 Å². The van der Waals surface area contributed by atoms with Gasteiger partial charge in [0.2, 0.25) is 5.91 Å². The number of fused-ring (bicyclic) bond motifs is 1. The fourth-order valence-corrected chi connectivity index (χ4v) is 4.10. The lowest BCUT2D eigenvalue weighted by atomic mass is 10.1.